The summed E-state index contributed by atoms with van der Waals surface area (Å²) >= 11 is 0. The maximum atomic E-state index is 12.8. The van der Waals surface area contributed by atoms with E-state index in [1.807, 2.05) is 13.0 Å². The second kappa shape index (κ2) is 7.77. The van der Waals surface area contributed by atoms with Gasteiger partial charge < -0.3 is 10.0 Å². The highest BCUT2D eigenvalue weighted by Gasteiger charge is 2.30. The highest BCUT2D eigenvalue weighted by molar-refractivity contribution is 5.79. The lowest BCUT2D eigenvalue weighted by Gasteiger charge is -2.37. The number of piperidine rings is 2. The Balaban J connectivity index is 1.53. The van der Waals surface area contributed by atoms with Gasteiger partial charge in [0.2, 0.25) is 5.91 Å². The molecule has 1 aromatic carbocycles. The van der Waals surface area contributed by atoms with E-state index in [9.17, 15) is 9.90 Å². The van der Waals surface area contributed by atoms with Crippen LogP contribution in [0.1, 0.15) is 49.3 Å². The molecule has 4 heteroatoms. The van der Waals surface area contributed by atoms with Gasteiger partial charge in [-0.2, -0.15) is 0 Å². The fourth-order valence-electron chi connectivity index (χ4n) is 4.21. The predicted octanol–water partition coefficient (Wildman–Crippen LogP) is 3.48. The molecule has 0 aromatic heterocycles. The molecule has 0 bridgehead atoms. The number of likely N-dealkylation sites (tertiary alicyclic amines) is 2. The normalized spacial score (nSPS) is 23.0. The van der Waals surface area contributed by atoms with Gasteiger partial charge in [-0.15, -0.1) is 0 Å². The summed E-state index contributed by atoms with van der Waals surface area (Å²) in [6.45, 7) is 10.9. The first-order valence-electron chi connectivity index (χ1n) is 9.74. The van der Waals surface area contributed by atoms with Gasteiger partial charge in [-0.05, 0) is 75.7 Å². The predicted molar refractivity (Wildman–Crippen MR) is 101 cm³/mol. The minimum atomic E-state index is 0.190. The van der Waals surface area contributed by atoms with Crippen LogP contribution in [0.4, 0.5) is 0 Å². The van der Waals surface area contributed by atoms with E-state index in [1.165, 1.54) is 12.0 Å². The van der Waals surface area contributed by atoms with Gasteiger partial charge in [-0.1, -0.05) is 13.0 Å². The number of phenolic OH excluding ortho intramolecular Hbond substituents is 1. The van der Waals surface area contributed by atoms with E-state index >= 15 is 0 Å². The average molecular weight is 344 g/mol. The van der Waals surface area contributed by atoms with Crippen LogP contribution in [0.3, 0.4) is 0 Å². The summed E-state index contributed by atoms with van der Waals surface area (Å²) in [5, 5.41) is 10.2. The Morgan fingerprint density at radius 2 is 1.80 bits per heavy atom. The molecule has 0 aliphatic carbocycles. The van der Waals surface area contributed by atoms with Gasteiger partial charge in [-0.25, -0.2) is 0 Å². The minimum absolute atomic E-state index is 0.190. The van der Waals surface area contributed by atoms with E-state index in [2.05, 4.69) is 29.7 Å². The van der Waals surface area contributed by atoms with Crippen LogP contribution in [0.25, 0.3) is 0 Å². The third-order valence-corrected chi connectivity index (χ3v) is 5.99. The van der Waals surface area contributed by atoms with Crippen molar-refractivity contribution < 1.29 is 9.90 Å². The van der Waals surface area contributed by atoms with Crippen LogP contribution in [0.15, 0.2) is 12.1 Å². The van der Waals surface area contributed by atoms with Gasteiger partial charge in [0.05, 0.1) is 0 Å². The molecule has 1 aromatic rings. The zero-order valence-electron chi connectivity index (χ0n) is 15.9. The number of hydrogen-bond acceptors (Lipinski definition) is 3. The number of benzene rings is 1. The number of aromatic hydroxyl groups is 1. The lowest BCUT2D eigenvalue weighted by molar-refractivity contribution is -0.138. The standard InChI is InChI=1S/C21H32N2O2/c1-15-5-4-8-23(13-15)21(25)18-6-9-22(10-7-18)14-19-11-16(2)17(3)12-20(19)24/h11-12,15,18,24H,4-10,13-14H2,1-3H3/t15-/m1/s1. The second-order valence-corrected chi connectivity index (χ2v) is 8.15. The van der Waals surface area contributed by atoms with Gasteiger partial charge in [0.1, 0.15) is 5.75 Å². The SMILES string of the molecule is Cc1cc(O)c(CN2CCC(C(=O)N3CCC[C@@H](C)C3)CC2)cc1C. The molecule has 25 heavy (non-hydrogen) atoms. The number of hydrogen-bond donors (Lipinski definition) is 1. The lowest BCUT2D eigenvalue weighted by Crippen LogP contribution is -2.45. The molecular weight excluding hydrogens is 312 g/mol. The van der Waals surface area contributed by atoms with Crippen molar-refractivity contribution in [3.05, 3.63) is 28.8 Å². The van der Waals surface area contributed by atoms with E-state index in [4.69, 9.17) is 0 Å². The largest absolute Gasteiger partial charge is 0.508 e. The van der Waals surface area contributed by atoms with E-state index in [-0.39, 0.29) is 5.92 Å². The number of rotatable bonds is 3. The molecule has 0 radical (unpaired) electrons. The molecular formula is C21H32N2O2. The molecule has 2 saturated heterocycles. The first kappa shape index (κ1) is 18.2. The molecule has 0 unspecified atom stereocenters. The molecule has 2 heterocycles. The highest BCUT2D eigenvalue weighted by Crippen LogP contribution is 2.27. The molecule has 4 nitrogen and oxygen atoms in total. The maximum Gasteiger partial charge on any atom is 0.225 e. The van der Waals surface area contributed by atoms with Gasteiger partial charge in [-0.3, -0.25) is 9.69 Å². The Morgan fingerprint density at radius 3 is 2.48 bits per heavy atom. The van der Waals surface area contributed by atoms with Crippen LogP contribution in [0.5, 0.6) is 5.75 Å². The number of carbonyl (C=O) groups excluding carboxylic acids is 1. The maximum absolute atomic E-state index is 12.8. The van der Waals surface area contributed by atoms with Crippen molar-refractivity contribution in [1.29, 1.82) is 0 Å². The molecule has 2 aliphatic heterocycles. The van der Waals surface area contributed by atoms with Gasteiger partial charge in [0.15, 0.2) is 0 Å². The molecule has 138 valence electrons. The van der Waals surface area contributed by atoms with Crippen molar-refractivity contribution in [3.8, 4) is 5.75 Å². The van der Waals surface area contributed by atoms with Crippen LogP contribution in [-0.4, -0.2) is 47.0 Å². The number of carbonyl (C=O) groups is 1. The van der Waals surface area contributed by atoms with Crippen LogP contribution >= 0.6 is 0 Å². The quantitative estimate of drug-likeness (QED) is 0.913. The lowest BCUT2D eigenvalue weighted by atomic mass is 9.92. The fourth-order valence-corrected chi connectivity index (χ4v) is 4.21. The molecule has 2 fully saturated rings. The fraction of sp³-hybridized carbons (Fsp3) is 0.667. The van der Waals surface area contributed by atoms with E-state index in [0.29, 0.717) is 17.6 Å². The molecule has 1 atom stereocenters. The van der Waals surface area contributed by atoms with Crippen molar-refractivity contribution in [2.24, 2.45) is 11.8 Å². The second-order valence-electron chi connectivity index (χ2n) is 8.15. The summed E-state index contributed by atoms with van der Waals surface area (Å²) in [5.41, 5.74) is 3.34. The van der Waals surface area contributed by atoms with E-state index in [0.717, 1.165) is 63.1 Å². The summed E-state index contributed by atoms with van der Waals surface area (Å²) in [7, 11) is 0. The van der Waals surface area contributed by atoms with Crippen molar-refractivity contribution in [2.75, 3.05) is 26.2 Å². The van der Waals surface area contributed by atoms with Crippen molar-refractivity contribution in [1.82, 2.24) is 9.80 Å². The summed E-state index contributed by atoms with van der Waals surface area (Å²) in [5.74, 6) is 1.60. The first-order valence-corrected chi connectivity index (χ1v) is 9.74. The number of nitrogens with zero attached hydrogens (tertiary/aromatic N) is 2. The zero-order chi connectivity index (χ0) is 18.0. The molecule has 2 aliphatic rings. The monoisotopic (exact) mass is 344 g/mol. The van der Waals surface area contributed by atoms with Gasteiger partial charge in [0, 0.05) is 31.1 Å². The molecule has 0 saturated carbocycles. The minimum Gasteiger partial charge on any atom is -0.508 e. The van der Waals surface area contributed by atoms with E-state index < -0.39 is 0 Å². The summed E-state index contributed by atoms with van der Waals surface area (Å²) in [4.78, 5) is 17.2. The number of amides is 1. The van der Waals surface area contributed by atoms with Crippen LogP contribution in [0.2, 0.25) is 0 Å². The Labute approximate surface area is 151 Å². The first-order chi connectivity index (χ1) is 11.9. The third-order valence-electron chi connectivity index (χ3n) is 5.99. The average Bonchev–Trinajstić information content (AvgIpc) is 2.60. The number of aryl methyl sites for hydroxylation is 2. The van der Waals surface area contributed by atoms with Crippen LogP contribution < -0.4 is 0 Å². The van der Waals surface area contributed by atoms with Crippen LogP contribution in [0, 0.1) is 25.7 Å². The third kappa shape index (κ3) is 4.35. The van der Waals surface area contributed by atoms with Gasteiger partial charge >= 0.3 is 0 Å². The van der Waals surface area contributed by atoms with Crippen molar-refractivity contribution in [3.63, 3.8) is 0 Å². The molecule has 1 N–H and O–H groups in total. The highest BCUT2D eigenvalue weighted by atomic mass is 16.3. The Morgan fingerprint density at radius 1 is 1.12 bits per heavy atom. The summed E-state index contributed by atoms with van der Waals surface area (Å²) in [6.07, 6.45) is 4.28. The smallest absolute Gasteiger partial charge is 0.225 e. The van der Waals surface area contributed by atoms with Crippen molar-refractivity contribution in [2.45, 2.75) is 53.0 Å². The Kier molecular flexibility index (Phi) is 5.67. The Bertz CT molecular complexity index is 621. The molecule has 3 rings (SSSR count). The van der Waals surface area contributed by atoms with E-state index in [1.54, 1.807) is 0 Å². The summed E-state index contributed by atoms with van der Waals surface area (Å²) < 4.78 is 0. The topological polar surface area (TPSA) is 43.8 Å². The van der Waals surface area contributed by atoms with Crippen LogP contribution in [-0.2, 0) is 11.3 Å². The summed E-state index contributed by atoms with van der Waals surface area (Å²) in [6, 6.07) is 3.95. The van der Waals surface area contributed by atoms with Crippen molar-refractivity contribution >= 4 is 5.91 Å². The van der Waals surface area contributed by atoms with Gasteiger partial charge in [0.25, 0.3) is 0 Å². The number of phenols is 1. The zero-order valence-corrected chi connectivity index (χ0v) is 15.9. The molecule has 0 spiro atoms. The Hall–Kier alpha value is -1.55. The molecule has 1 amide bonds.